The van der Waals surface area contributed by atoms with Gasteiger partial charge < -0.3 is 0 Å². The molecule has 4 heterocycles. The van der Waals surface area contributed by atoms with Gasteiger partial charge in [-0.3, -0.25) is 9.97 Å². The lowest BCUT2D eigenvalue weighted by atomic mass is 9.43. The zero-order valence-electron chi connectivity index (χ0n) is 57.8. The van der Waals surface area contributed by atoms with Gasteiger partial charge in [0.25, 0.3) is 0 Å². The van der Waals surface area contributed by atoms with Gasteiger partial charge in [0.05, 0.1) is 22.2 Å². The van der Waals surface area contributed by atoms with E-state index in [1.54, 1.807) is 0 Å². The van der Waals surface area contributed by atoms with Gasteiger partial charge in [-0.2, -0.15) is 0 Å². The molecule has 2 aliphatic rings. The largest absolute Gasteiger partial charge is 0.255 e. The van der Waals surface area contributed by atoms with Gasteiger partial charge in [0.2, 0.25) is 0 Å². The number of benzene rings is 12. The molecular formula is C96H70N8. The molecule has 0 saturated carbocycles. The number of rotatable bonds is 14. The first kappa shape index (κ1) is 63.2. The van der Waals surface area contributed by atoms with Crippen LogP contribution in [0.1, 0.15) is 70.8 Å². The van der Waals surface area contributed by atoms with Gasteiger partial charge in [-0.05, 0) is 121 Å². The minimum Gasteiger partial charge on any atom is -0.255 e. The van der Waals surface area contributed by atoms with Crippen molar-refractivity contribution < 1.29 is 0 Å². The molecular weight excluding hydrogens is 1270 g/mol. The summed E-state index contributed by atoms with van der Waals surface area (Å²) in [5.41, 5.74) is 22.7. The van der Waals surface area contributed by atoms with E-state index < -0.39 is 10.8 Å². The molecule has 2 aliphatic carbocycles. The van der Waals surface area contributed by atoms with Crippen LogP contribution in [0.15, 0.2) is 358 Å². The lowest BCUT2D eigenvalue weighted by Gasteiger charge is -2.57. The number of pyridine rings is 2. The first-order valence-electron chi connectivity index (χ1n) is 35.6. The van der Waals surface area contributed by atoms with Crippen molar-refractivity contribution in [3.63, 3.8) is 0 Å². The molecule has 8 heteroatoms. The van der Waals surface area contributed by atoms with E-state index in [4.69, 9.17) is 39.9 Å². The van der Waals surface area contributed by atoms with Crippen LogP contribution in [0.2, 0.25) is 0 Å². The summed E-state index contributed by atoms with van der Waals surface area (Å²) >= 11 is 0. The maximum atomic E-state index is 5.33. The fourth-order valence-corrected chi connectivity index (χ4v) is 16.8. The molecule has 0 N–H and O–H groups in total. The predicted molar refractivity (Wildman–Crippen MR) is 419 cm³/mol. The van der Waals surface area contributed by atoms with Crippen molar-refractivity contribution >= 4 is 0 Å². The molecule has 16 aromatic rings. The Kier molecular flexibility index (Phi) is 15.7. The van der Waals surface area contributed by atoms with Crippen LogP contribution in [0.5, 0.6) is 0 Å². The maximum absolute atomic E-state index is 5.33. The molecule has 0 amide bonds. The highest BCUT2D eigenvalue weighted by molar-refractivity contribution is 5.89. The van der Waals surface area contributed by atoms with Crippen molar-refractivity contribution in [2.45, 2.75) is 48.9 Å². The van der Waals surface area contributed by atoms with E-state index in [9.17, 15) is 0 Å². The van der Waals surface area contributed by atoms with Crippen LogP contribution in [-0.4, -0.2) is 39.9 Å². The summed E-state index contributed by atoms with van der Waals surface area (Å²) in [7, 11) is 0. The van der Waals surface area contributed by atoms with E-state index in [1.807, 2.05) is 91.3 Å². The highest BCUT2D eigenvalue weighted by Crippen LogP contribution is 2.66. The smallest absolute Gasteiger partial charge is 0.165 e. The molecule has 8 nitrogen and oxygen atoms in total. The minimum atomic E-state index is -0.754. The number of hydrogen-bond donors (Lipinski definition) is 0. The van der Waals surface area contributed by atoms with Crippen molar-refractivity contribution in [1.82, 2.24) is 39.9 Å². The van der Waals surface area contributed by atoms with E-state index in [2.05, 4.69) is 288 Å². The zero-order chi connectivity index (χ0) is 69.8. The van der Waals surface area contributed by atoms with E-state index >= 15 is 0 Å². The molecule has 0 spiro atoms. The SMILES string of the molecule is CC1(C)c2ccc(-c3ccc(-c4nc(-c5ccccc5)nc(-c5ccccc5)n4)cn3)cc2-c2ccccc2C1(C)Cc1cccc(-c2nc(-c3ccccc3)nc(-c3ccc(-c4ccc5c(c4)-c4ccccc4C(c4ccccc4)(c4ccccc4)C5(c4ccccc4)c4ccccc4)nc3)n2)c1. The molecule has 1 atom stereocenters. The standard InChI is InChI=1S/C96H70N8/c1-93(2)81-54-50-68(85-56-52-71(62-97-85)91-101-87(65-31-11-4-12-32-65)99-88(102-91)66-33-13-5-14-34-66)59-79(81)77-46-25-27-48-82(77)94(93,3)61-64-30-29-37-70(58-64)90-100-89(67-35-15-6-16-36-67)103-92(104-90)72-53-57-86(98-63-72)69-51-55-84-80(60-69)78-47-26-28-49-83(78)95(73-38-17-7-18-39-73,74-40-19-8-20-41-74)96(84,75-42-21-9-22-43-75)76-44-23-10-24-45-76/h4-60,62-63H,61H2,1-3H3. The molecule has 0 aliphatic heterocycles. The highest BCUT2D eigenvalue weighted by atomic mass is 15.0. The minimum absolute atomic E-state index is 0.316. The zero-order valence-corrected chi connectivity index (χ0v) is 57.8. The van der Waals surface area contributed by atoms with Crippen molar-refractivity contribution in [3.05, 3.63) is 408 Å². The summed E-state index contributed by atoms with van der Waals surface area (Å²) in [5.74, 6) is 3.51. The summed E-state index contributed by atoms with van der Waals surface area (Å²) in [6, 6.07) is 124. The van der Waals surface area contributed by atoms with E-state index in [0.29, 0.717) is 34.9 Å². The lowest BCUT2D eigenvalue weighted by Crippen LogP contribution is -2.54. The quantitative estimate of drug-likeness (QED) is 0.106. The van der Waals surface area contributed by atoms with E-state index in [0.717, 1.165) is 67.9 Å². The van der Waals surface area contributed by atoms with Crippen LogP contribution in [0, 0.1) is 0 Å². The third kappa shape index (κ3) is 10.5. The first-order chi connectivity index (χ1) is 51.2. The van der Waals surface area contributed by atoms with Crippen LogP contribution in [0.4, 0.5) is 0 Å². The molecule has 18 rings (SSSR count). The number of nitrogens with zero attached hydrogens (tertiary/aromatic N) is 8. The molecule has 1 unspecified atom stereocenters. The molecule has 12 aromatic carbocycles. The van der Waals surface area contributed by atoms with E-state index in [-0.39, 0.29) is 10.8 Å². The summed E-state index contributed by atoms with van der Waals surface area (Å²) in [5, 5.41) is 0. The molecule has 0 radical (unpaired) electrons. The second kappa shape index (κ2) is 25.8. The highest BCUT2D eigenvalue weighted by Gasteiger charge is 2.61. The Bertz CT molecular complexity index is 5700. The number of fused-ring (bicyclic) bond motifs is 6. The first-order valence-corrected chi connectivity index (χ1v) is 35.6. The van der Waals surface area contributed by atoms with E-state index in [1.165, 1.54) is 66.8 Å². The lowest BCUT2D eigenvalue weighted by molar-refractivity contribution is 0.269. The van der Waals surface area contributed by atoms with Crippen molar-refractivity contribution in [2.75, 3.05) is 0 Å². The average Bonchev–Trinajstić information content (AvgIpc) is 0.661. The Balaban J connectivity index is 0.677. The Labute approximate surface area is 606 Å². The maximum Gasteiger partial charge on any atom is 0.165 e. The van der Waals surface area contributed by atoms with Gasteiger partial charge in [0.15, 0.2) is 34.9 Å². The summed E-state index contributed by atoms with van der Waals surface area (Å²) < 4.78 is 0. The molecule has 0 bridgehead atoms. The number of hydrogen-bond acceptors (Lipinski definition) is 8. The van der Waals surface area contributed by atoms with Crippen LogP contribution in [-0.2, 0) is 28.1 Å². The molecule has 0 saturated heterocycles. The fourth-order valence-electron chi connectivity index (χ4n) is 16.8. The topological polar surface area (TPSA) is 103 Å². The Morgan fingerprint density at radius 2 is 0.548 bits per heavy atom. The monoisotopic (exact) mass is 1330 g/mol. The van der Waals surface area contributed by atoms with Gasteiger partial charge in [-0.25, -0.2) is 29.9 Å². The molecule has 0 fully saturated rings. The molecule has 494 valence electrons. The fraction of sp³-hybridized carbons (Fsp3) is 0.0833. The van der Waals surface area contributed by atoms with Crippen LogP contribution >= 0.6 is 0 Å². The third-order valence-corrected chi connectivity index (χ3v) is 22.1. The molecule has 4 aromatic heterocycles. The summed E-state index contributed by atoms with van der Waals surface area (Å²) in [6.45, 7) is 7.24. The number of aromatic nitrogens is 8. The second-order valence-electron chi connectivity index (χ2n) is 28.0. The summed E-state index contributed by atoms with van der Waals surface area (Å²) in [6.07, 6.45) is 4.55. The van der Waals surface area contributed by atoms with Gasteiger partial charge in [-0.1, -0.05) is 324 Å². The second-order valence-corrected chi connectivity index (χ2v) is 28.0. The van der Waals surface area contributed by atoms with Gasteiger partial charge in [0, 0.05) is 67.7 Å². The van der Waals surface area contributed by atoms with Gasteiger partial charge in [0.1, 0.15) is 0 Å². The average molecular weight is 1340 g/mol. The van der Waals surface area contributed by atoms with Crippen LogP contribution < -0.4 is 0 Å². The Morgan fingerprint density at radius 1 is 0.231 bits per heavy atom. The van der Waals surface area contributed by atoms with Crippen LogP contribution in [0.3, 0.4) is 0 Å². The van der Waals surface area contributed by atoms with Gasteiger partial charge in [-0.15, -0.1) is 0 Å². The summed E-state index contributed by atoms with van der Waals surface area (Å²) in [4.78, 5) is 41.0. The Hall–Kier alpha value is -13.0. The predicted octanol–water partition coefficient (Wildman–Crippen LogP) is 22.0. The normalized spacial score (nSPS) is 15.0. The van der Waals surface area contributed by atoms with Crippen LogP contribution in [0.25, 0.3) is 113 Å². The Morgan fingerprint density at radius 3 is 0.962 bits per heavy atom. The molecule has 104 heavy (non-hydrogen) atoms. The van der Waals surface area contributed by atoms with Crippen molar-refractivity contribution in [3.8, 4) is 113 Å². The van der Waals surface area contributed by atoms with Gasteiger partial charge >= 0.3 is 0 Å². The third-order valence-electron chi connectivity index (χ3n) is 22.1. The van der Waals surface area contributed by atoms with Crippen molar-refractivity contribution in [1.29, 1.82) is 0 Å². The van der Waals surface area contributed by atoms with Crippen molar-refractivity contribution in [2.24, 2.45) is 0 Å².